The summed E-state index contributed by atoms with van der Waals surface area (Å²) in [7, 11) is -4.52. The largest absolute Gasteiger partial charge is 0.344 e. The molecule has 33 heavy (non-hydrogen) atoms. The summed E-state index contributed by atoms with van der Waals surface area (Å²) < 4.78 is 27.2. The second-order valence-corrected chi connectivity index (χ2v) is 9.15. The van der Waals surface area contributed by atoms with E-state index in [0.717, 1.165) is 0 Å². The van der Waals surface area contributed by atoms with Gasteiger partial charge in [-0.25, -0.2) is 18.0 Å². The summed E-state index contributed by atoms with van der Waals surface area (Å²) in [5, 5.41) is 5.43. The Kier molecular flexibility index (Phi) is 7.87. The van der Waals surface area contributed by atoms with Crippen LogP contribution in [0.5, 0.6) is 0 Å². The predicted molar refractivity (Wildman–Crippen MR) is 131 cm³/mol. The lowest BCUT2D eigenvalue weighted by atomic mass is 10.2. The van der Waals surface area contributed by atoms with Crippen molar-refractivity contribution in [1.29, 1.82) is 0 Å². The summed E-state index contributed by atoms with van der Waals surface area (Å²) in [6.45, 7) is 1.63. The zero-order valence-corrected chi connectivity index (χ0v) is 19.3. The maximum atomic E-state index is 13.5. The van der Waals surface area contributed by atoms with Crippen molar-refractivity contribution in [2.75, 3.05) is 10.6 Å². The number of benzene rings is 3. The Bertz CT molecular complexity index is 1190. The minimum Gasteiger partial charge on any atom is -0.307 e. The molecule has 9 heteroatoms. The van der Waals surface area contributed by atoms with Crippen molar-refractivity contribution >= 4 is 51.1 Å². The number of halogens is 1. The lowest BCUT2D eigenvalue weighted by Crippen LogP contribution is -2.46. The predicted octanol–water partition coefficient (Wildman–Crippen LogP) is 6.19. The standard InChI is InChI=1S/C24H22ClN3O4S/c1-2-22(17-18-13-15-19(25)16-14-18)33(31,32)28(23(29)26-20-9-5-3-6-10-20)24(30)27-21-11-7-4-8-12-21/h3-17H,2H2,1H3,(H,26,29)(H,27,30)/b22-17+. The summed E-state index contributed by atoms with van der Waals surface area (Å²) in [6.07, 6.45) is 1.46. The van der Waals surface area contributed by atoms with Gasteiger partial charge in [-0.3, -0.25) is 0 Å². The first-order chi connectivity index (χ1) is 15.8. The summed E-state index contributed by atoms with van der Waals surface area (Å²) >= 11 is 5.91. The molecule has 0 aliphatic heterocycles. The second-order valence-electron chi connectivity index (χ2n) is 6.88. The molecule has 0 saturated heterocycles. The highest BCUT2D eigenvalue weighted by molar-refractivity contribution is 7.94. The molecule has 0 radical (unpaired) electrons. The number of nitrogens with one attached hydrogen (secondary N) is 2. The average molecular weight is 484 g/mol. The fraction of sp³-hybridized carbons (Fsp3) is 0.0833. The number of sulfonamides is 1. The van der Waals surface area contributed by atoms with Crippen molar-refractivity contribution in [3.63, 3.8) is 0 Å². The molecule has 0 aliphatic rings. The molecule has 0 saturated carbocycles. The van der Waals surface area contributed by atoms with E-state index in [1.165, 1.54) is 6.08 Å². The highest BCUT2D eigenvalue weighted by atomic mass is 35.5. The Morgan fingerprint density at radius 3 is 1.70 bits per heavy atom. The van der Waals surface area contributed by atoms with Gasteiger partial charge in [-0.2, -0.15) is 0 Å². The van der Waals surface area contributed by atoms with Crippen molar-refractivity contribution in [3.05, 3.63) is 100 Å². The molecule has 0 bridgehead atoms. The lowest BCUT2D eigenvalue weighted by Gasteiger charge is -2.22. The number of hydrogen-bond donors (Lipinski definition) is 2. The number of imide groups is 1. The molecule has 0 aromatic heterocycles. The van der Waals surface area contributed by atoms with Crippen LogP contribution in [0.3, 0.4) is 0 Å². The van der Waals surface area contributed by atoms with Crippen LogP contribution >= 0.6 is 11.6 Å². The number of amides is 4. The Balaban J connectivity index is 2.00. The zero-order chi connectivity index (χ0) is 23.8. The zero-order valence-electron chi connectivity index (χ0n) is 17.7. The number of allylic oxidation sites excluding steroid dienone is 1. The topological polar surface area (TPSA) is 95.6 Å². The van der Waals surface area contributed by atoms with Crippen LogP contribution in [0, 0.1) is 0 Å². The molecule has 0 fully saturated rings. The van der Waals surface area contributed by atoms with Crippen LogP contribution in [-0.2, 0) is 10.0 Å². The molecule has 7 nitrogen and oxygen atoms in total. The van der Waals surface area contributed by atoms with Gasteiger partial charge in [-0.05, 0) is 54.5 Å². The molecule has 0 heterocycles. The van der Waals surface area contributed by atoms with Crippen LogP contribution in [0.25, 0.3) is 6.08 Å². The van der Waals surface area contributed by atoms with Crippen LogP contribution in [0.2, 0.25) is 5.02 Å². The molecule has 2 N–H and O–H groups in total. The highest BCUT2D eigenvalue weighted by Crippen LogP contribution is 2.23. The van der Waals surface area contributed by atoms with Crippen molar-refractivity contribution in [3.8, 4) is 0 Å². The number of nitrogens with zero attached hydrogens (tertiary/aromatic N) is 1. The van der Waals surface area contributed by atoms with Crippen LogP contribution in [0.15, 0.2) is 89.8 Å². The van der Waals surface area contributed by atoms with Gasteiger partial charge in [0.15, 0.2) is 0 Å². The smallest absolute Gasteiger partial charge is 0.307 e. The number of anilines is 2. The van der Waals surface area contributed by atoms with E-state index in [1.807, 2.05) is 0 Å². The molecular weight excluding hydrogens is 462 g/mol. The van der Waals surface area contributed by atoms with Gasteiger partial charge < -0.3 is 10.6 Å². The van der Waals surface area contributed by atoms with Crippen LogP contribution in [0.4, 0.5) is 21.0 Å². The van der Waals surface area contributed by atoms with Crippen LogP contribution in [-0.4, -0.2) is 24.8 Å². The average Bonchev–Trinajstić information content (AvgIpc) is 2.79. The van der Waals surface area contributed by atoms with Gasteiger partial charge in [-0.1, -0.05) is 67.1 Å². The molecule has 3 aromatic rings. The number of para-hydroxylation sites is 2. The summed E-state index contributed by atoms with van der Waals surface area (Å²) in [6, 6.07) is 20.9. The Labute approximate surface area is 197 Å². The summed E-state index contributed by atoms with van der Waals surface area (Å²) in [4.78, 5) is 26.0. The number of hydrogen-bond acceptors (Lipinski definition) is 4. The SMILES string of the molecule is CC/C(=C\c1ccc(Cl)cc1)S(=O)(=O)N(C(=O)Nc1ccccc1)C(=O)Nc1ccccc1. The minimum atomic E-state index is -4.52. The Morgan fingerprint density at radius 1 is 0.818 bits per heavy atom. The number of carbonyl (C=O) groups excluding carboxylic acids is 2. The van der Waals surface area contributed by atoms with Gasteiger partial charge in [0, 0.05) is 16.4 Å². The maximum absolute atomic E-state index is 13.5. The highest BCUT2D eigenvalue weighted by Gasteiger charge is 2.36. The summed E-state index contributed by atoms with van der Waals surface area (Å²) in [5.41, 5.74) is 1.25. The van der Waals surface area contributed by atoms with E-state index in [9.17, 15) is 18.0 Å². The number of rotatable bonds is 6. The lowest BCUT2D eigenvalue weighted by molar-refractivity contribution is 0.222. The molecule has 0 spiro atoms. The first kappa shape index (κ1) is 24.0. The van der Waals surface area contributed by atoms with Gasteiger partial charge in [0.25, 0.3) is 10.0 Å². The molecule has 4 amide bonds. The molecule has 3 rings (SSSR count). The molecule has 0 unspecified atom stereocenters. The Hall–Kier alpha value is -3.62. The fourth-order valence-electron chi connectivity index (χ4n) is 2.92. The van der Waals surface area contributed by atoms with Gasteiger partial charge in [0.2, 0.25) is 0 Å². The van der Waals surface area contributed by atoms with Crippen LogP contribution < -0.4 is 10.6 Å². The normalized spacial score (nSPS) is 11.5. The first-order valence-electron chi connectivity index (χ1n) is 10.0. The van der Waals surface area contributed by atoms with Crippen molar-refractivity contribution in [2.45, 2.75) is 13.3 Å². The van der Waals surface area contributed by atoms with E-state index in [2.05, 4.69) is 10.6 Å². The molecule has 0 aliphatic carbocycles. The minimum absolute atomic E-state index is 0.0543. The number of carbonyl (C=O) groups is 2. The van der Waals surface area contributed by atoms with E-state index >= 15 is 0 Å². The van der Waals surface area contributed by atoms with Crippen molar-refractivity contribution in [2.24, 2.45) is 0 Å². The third-order valence-electron chi connectivity index (χ3n) is 4.54. The van der Waals surface area contributed by atoms with Crippen molar-refractivity contribution < 1.29 is 18.0 Å². The van der Waals surface area contributed by atoms with Gasteiger partial charge in [0.1, 0.15) is 0 Å². The van der Waals surface area contributed by atoms with E-state index in [4.69, 9.17) is 11.6 Å². The van der Waals surface area contributed by atoms with Gasteiger partial charge in [-0.15, -0.1) is 4.31 Å². The third-order valence-corrected chi connectivity index (χ3v) is 6.67. The molecule has 0 atom stereocenters. The van der Waals surface area contributed by atoms with Crippen LogP contribution in [0.1, 0.15) is 18.9 Å². The quantitative estimate of drug-likeness (QED) is 0.437. The molecule has 3 aromatic carbocycles. The van der Waals surface area contributed by atoms with E-state index in [-0.39, 0.29) is 15.6 Å². The number of urea groups is 2. The second kappa shape index (κ2) is 10.8. The van der Waals surface area contributed by atoms with Gasteiger partial charge in [0.05, 0.1) is 4.91 Å². The fourth-order valence-corrected chi connectivity index (χ4v) is 4.46. The van der Waals surface area contributed by atoms with E-state index in [1.54, 1.807) is 91.9 Å². The Morgan fingerprint density at radius 2 is 1.27 bits per heavy atom. The summed E-state index contributed by atoms with van der Waals surface area (Å²) in [5.74, 6) is 0. The van der Waals surface area contributed by atoms with E-state index in [0.29, 0.717) is 22.0 Å². The molecule has 170 valence electrons. The van der Waals surface area contributed by atoms with Gasteiger partial charge >= 0.3 is 12.1 Å². The third kappa shape index (κ3) is 6.21. The maximum Gasteiger partial charge on any atom is 0.344 e. The van der Waals surface area contributed by atoms with Crippen molar-refractivity contribution in [1.82, 2.24) is 4.31 Å². The first-order valence-corrected chi connectivity index (χ1v) is 11.9. The monoisotopic (exact) mass is 483 g/mol. The van der Waals surface area contributed by atoms with E-state index < -0.39 is 22.1 Å². The molecular formula is C24H22ClN3O4S.